The van der Waals surface area contributed by atoms with Gasteiger partial charge in [0.15, 0.2) is 0 Å². The predicted molar refractivity (Wildman–Crippen MR) is 47.3 cm³/mol. The number of carbonyl (C=O) groups excluding carboxylic acids is 1. The summed E-state index contributed by atoms with van der Waals surface area (Å²) in [5, 5.41) is 8.47. The average molecular weight is 188 g/mol. The summed E-state index contributed by atoms with van der Waals surface area (Å²) in [4.78, 5) is 20.8. The molecule has 0 amide bonds. The van der Waals surface area contributed by atoms with Gasteiger partial charge in [0.05, 0.1) is 6.10 Å². The van der Waals surface area contributed by atoms with Gasteiger partial charge in [-0.25, -0.2) is 0 Å². The molecule has 2 unspecified atom stereocenters. The van der Waals surface area contributed by atoms with Crippen LogP contribution in [0.3, 0.4) is 0 Å². The highest BCUT2D eigenvalue weighted by molar-refractivity contribution is 5.67. The van der Waals surface area contributed by atoms with Gasteiger partial charge < -0.3 is 9.84 Å². The van der Waals surface area contributed by atoms with E-state index in [0.29, 0.717) is 6.42 Å². The second-order valence-corrected chi connectivity index (χ2v) is 3.36. The van der Waals surface area contributed by atoms with E-state index < -0.39 is 5.97 Å². The number of carboxylic acid groups (broad SMARTS) is 1. The molecule has 0 rings (SSSR count). The van der Waals surface area contributed by atoms with E-state index in [1.54, 1.807) is 6.92 Å². The van der Waals surface area contributed by atoms with Crippen LogP contribution in [0.1, 0.15) is 33.6 Å². The number of ether oxygens (including phenoxy) is 1. The van der Waals surface area contributed by atoms with Gasteiger partial charge in [0.2, 0.25) is 0 Å². The lowest BCUT2D eigenvalue weighted by Gasteiger charge is -2.15. The van der Waals surface area contributed by atoms with Crippen molar-refractivity contribution < 1.29 is 19.4 Å². The molecule has 0 saturated carbocycles. The van der Waals surface area contributed by atoms with Crippen LogP contribution < -0.4 is 0 Å². The quantitative estimate of drug-likeness (QED) is 0.663. The molecule has 0 aromatic carbocycles. The summed E-state index contributed by atoms with van der Waals surface area (Å²) >= 11 is 0. The number of hydrogen-bond acceptors (Lipinski definition) is 3. The van der Waals surface area contributed by atoms with E-state index in [-0.39, 0.29) is 24.4 Å². The van der Waals surface area contributed by atoms with Crippen LogP contribution in [0.2, 0.25) is 0 Å². The molecular weight excluding hydrogens is 172 g/mol. The molecule has 0 saturated heterocycles. The Hall–Kier alpha value is -1.06. The number of esters is 1. The van der Waals surface area contributed by atoms with Crippen LogP contribution in [-0.2, 0) is 14.3 Å². The lowest BCUT2D eigenvalue weighted by molar-refractivity contribution is -0.146. The van der Waals surface area contributed by atoms with Crippen LogP contribution in [0.5, 0.6) is 0 Å². The molecule has 0 radical (unpaired) electrons. The number of hydrogen-bond donors (Lipinski definition) is 1. The first-order chi connectivity index (χ1) is 5.91. The van der Waals surface area contributed by atoms with Crippen molar-refractivity contribution in [3.05, 3.63) is 0 Å². The molecule has 4 nitrogen and oxygen atoms in total. The second-order valence-electron chi connectivity index (χ2n) is 3.36. The average Bonchev–Trinajstić information content (AvgIpc) is 1.80. The summed E-state index contributed by atoms with van der Waals surface area (Å²) in [6, 6.07) is 0. The van der Waals surface area contributed by atoms with Crippen molar-refractivity contribution >= 4 is 11.9 Å². The maximum absolute atomic E-state index is 10.5. The minimum atomic E-state index is -0.817. The van der Waals surface area contributed by atoms with Crippen molar-refractivity contribution in [2.75, 3.05) is 0 Å². The van der Waals surface area contributed by atoms with E-state index in [1.165, 1.54) is 6.92 Å². The van der Waals surface area contributed by atoms with Crippen LogP contribution in [0.15, 0.2) is 0 Å². The molecule has 0 aromatic heterocycles. The van der Waals surface area contributed by atoms with Crippen LogP contribution in [0, 0.1) is 5.92 Å². The van der Waals surface area contributed by atoms with Gasteiger partial charge in [0, 0.05) is 13.3 Å². The SMILES string of the molecule is CC(=O)OC(C)CC(C)CC(=O)O. The van der Waals surface area contributed by atoms with Crippen molar-refractivity contribution in [2.45, 2.75) is 39.7 Å². The summed E-state index contributed by atoms with van der Waals surface area (Å²) in [6.45, 7) is 4.94. The number of aliphatic carboxylic acids is 1. The maximum atomic E-state index is 10.5. The van der Waals surface area contributed by atoms with Gasteiger partial charge in [-0.05, 0) is 19.3 Å². The minimum absolute atomic E-state index is 0.0341. The molecular formula is C9H16O4. The van der Waals surface area contributed by atoms with Crippen molar-refractivity contribution in [2.24, 2.45) is 5.92 Å². The third kappa shape index (κ3) is 7.31. The fraction of sp³-hybridized carbons (Fsp3) is 0.778. The Bertz CT molecular complexity index is 168. The highest BCUT2D eigenvalue weighted by Crippen LogP contribution is 2.12. The maximum Gasteiger partial charge on any atom is 0.303 e. The van der Waals surface area contributed by atoms with Crippen LogP contribution >= 0.6 is 0 Å². The van der Waals surface area contributed by atoms with E-state index in [9.17, 15) is 9.59 Å². The molecule has 0 aromatic rings. The summed E-state index contributed by atoms with van der Waals surface area (Å²) < 4.78 is 4.87. The molecule has 0 heterocycles. The molecule has 0 aliphatic carbocycles. The Balaban J connectivity index is 3.70. The van der Waals surface area contributed by atoms with Gasteiger partial charge in [0.1, 0.15) is 0 Å². The molecule has 1 N–H and O–H groups in total. The number of rotatable bonds is 5. The highest BCUT2D eigenvalue weighted by atomic mass is 16.5. The zero-order chi connectivity index (χ0) is 10.4. The molecule has 76 valence electrons. The monoisotopic (exact) mass is 188 g/mol. The van der Waals surface area contributed by atoms with E-state index in [1.807, 2.05) is 6.92 Å². The summed E-state index contributed by atoms with van der Waals surface area (Å²) in [6.07, 6.45) is 0.504. The fourth-order valence-corrected chi connectivity index (χ4v) is 1.28. The summed E-state index contributed by atoms with van der Waals surface area (Å²) in [5.41, 5.74) is 0. The van der Waals surface area contributed by atoms with Gasteiger partial charge in [-0.1, -0.05) is 6.92 Å². The first kappa shape index (κ1) is 11.9. The normalized spacial score (nSPS) is 14.7. The Kier molecular flexibility index (Phi) is 5.11. The van der Waals surface area contributed by atoms with Gasteiger partial charge in [0.25, 0.3) is 0 Å². The van der Waals surface area contributed by atoms with Gasteiger partial charge in [-0.15, -0.1) is 0 Å². The highest BCUT2D eigenvalue weighted by Gasteiger charge is 2.13. The molecule has 13 heavy (non-hydrogen) atoms. The van der Waals surface area contributed by atoms with Gasteiger partial charge in [-0.2, -0.15) is 0 Å². The Morgan fingerprint density at radius 3 is 2.31 bits per heavy atom. The summed E-state index contributed by atoms with van der Waals surface area (Å²) in [5.74, 6) is -1.11. The first-order valence-electron chi connectivity index (χ1n) is 4.30. The van der Waals surface area contributed by atoms with Gasteiger partial charge >= 0.3 is 11.9 Å². The third-order valence-corrected chi connectivity index (χ3v) is 1.62. The van der Waals surface area contributed by atoms with E-state index in [2.05, 4.69) is 0 Å². The van der Waals surface area contributed by atoms with Crippen molar-refractivity contribution in [1.29, 1.82) is 0 Å². The smallest absolute Gasteiger partial charge is 0.303 e. The molecule has 4 heteroatoms. The zero-order valence-electron chi connectivity index (χ0n) is 8.24. The Labute approximate surface area is 77.9 Å². The first-order valence-corrected chi connectivity index (χ1v) is 4.30. The van der Waals surface area contributed by atoms with Gasteiger partial charge in [-0.3, -0.25) is 9.59 Å². The van der Waals surface area contributed by atoms with Crippen molar-refractivity contribution in [1.82, 2.24) is 0 Å². The third-order valence-electron chi connectivity index (χ3n) is 1.62. The zero-order valence-corrected chi connectivity index (χ0v) is 8.24. The number of carbonyl (C=O) groups is 2. The van der Waals surface area contributed by atoms with E-state index in [0.717, 1.165) is 0 Å². The lowest BCUT2D eigenvalue weighted by atomic mass is 10.0. The minimum Gasteiger partial charge on any atom is -0.481 e. The molecule has 0 fully saturated rings. The number of carboxylic acids is 1. The molecule has 0 spiro atoms. The molecule has 0 aliphatic rings. The van der Waals surface area contributed by atoms with Crippen molar-refractivity contribution in [3.63, 3.8) is 0 Å². The lowest BCUT2D eigenvalue weighted by Crippen LogP contribution is -2.17. The summed E-state index contributed by atoms with van der Waals surface area (Å²) in [7, 11) is 0. The van der Waals surface area contributed by atoms with Crippen LogP contribution in [0.4, 0.5) is 0 Å². The van der Waals surface area contributed by atoms with Crippen LogP contribution in [-0.4, -0.2) is 23.1 Å². The second kappa shape index (κ2) is 5.56. The Morgan fingerprint density at radius 1 is 1.38 bits per heavy atom. The predicted octanol–water partition coefficient (Wildman–Crippen LogP) is 1.44. The molecule has 0 bridgehead atoms. The van der Waals surface area contributed by atoms with E-state index >= 15 is 0 Å². The fourth-order valence-electron chi connectivity index (χ4n) is 1.28. The topological polar surface area (TPSA) is 63.6 Å². The largest absolute Gasteiger partial charge is 0.481 e. The molecule has 0 aliphatic heterocycles. The van der Waals surface area contributed by atoms with Crippen LogP contribution in [0.25, 0.3) is 0 Å². The van der Waals surface area contributed by atoms with E-state index in [4.69, 9.17) is 9.84 Å². The standard InChI is InChI=1S/C9H16O4/c1-6(5-9(11)12)4-7(2)13-8(3)10/h6-7H,4-5H2,1-3H3,(H,11,12). The van der Waals surface area contributed by atoms with Crippen molar-refractivity contribution in [3.8, 4) is 0 Å². The molecule has 2 atom stereocenters. The Morgan fingerprint density at radius 2 is 1.92 bits per heavy atom.